The molecule has 0 atom stereocenters. The molecule has 0 bridgehead atoms. The van der Waals surface area contributed by atoms with Crippen LogP contribution in [0.5, 0.6) is 0 Å². The highest BCUT2D eigenvalue weighted by Crippen LogP contribution is 2.21. The number of carbonyl (C=O) groups excluding carboxylic acids is 2. The van der Waals surface area contributed by atoms with Crippen LogP contribution in [0, 0.1) is 0 Å². The lowest BCUT2D eigenvalue weighted by atomic mass is 10.0. The average Bonchev–Trinajstić information content (AvgIpc) is 3.11. The van der Waals surface area contributed by atoms with Gasteiger partial charge in [-0.15, -0.1) is 0 Å². The predicted molar refractivity (Wildman–Crippen MR) is 110 cm³/mol. The number of hydrogen-bond acceptors (Lipinski definition) is 3. The average molecular weight is 391 g/mol. The normalized spacial score (nSPS) is 10.6. The molecular formula is C21H15ClN4O2. The number of aromatic nitrogens is 2. The van der Waals surface area contributed by atoms with Crippen molar-refractivity contribution in [3.8, 4) is 0 Å². The van der Waals surface area contributed by atoms with Gasteiger partial charge in [-0.2, -0.15) is 0 Å². The van der Waals surface area contributed by atoms with Crippen LogP contribution >= 0.6 is 11.6 Å². The number of pyridine rings is 1. The van der Waals surface area contributed by atoms with Crippen LogP contribution in [0.25, 0.3) is 11.0 Å². The molecule has 0 radical (unpaired) electrons. The van der Waals surface area contributed by atoms with Crippen LogP contribution in [-0.2, 0) is 0 Å². The number of amides is 2. The molecule has 0 unspecified atom stereocenters. The molecule has 2 aromatic carbocycles. The molecular weight excluding hydrogens is 376 g/mol. The van der Waals surface area contributed by atoms with Gasteiger partial charge in [0.25, 0.3) is 0 Å². The Labute approximate surface area is 165 Å². The van der Waals surface area contributed by atoms with Gasteiger partial charge >= 0.3 is 6.03 Å². The maximum atomic E-state index is 12.9. The van der Waals surface area contributed by atoms with Gasteiger partial charge in [0.1, 0.15) is 5.65 Å². The van der Waals surface area contributed by atoms with Crippen LogP contribution in [0.15, 0.2) is 73.1 Å². The summed E-state index contributed by atoms with van der Waals surface area (Å²) in [6.07, 6.45) is 3.31. The fourth-order valence-electron chi connectivity index (χ4n) is 2.90. The van der Waals surface area contributed by atoms with Crippen molar-refractivity contribution in [2.75, 3.05) is 10.6 Å². The third-order valence-corrected chi connectivity index (χ3v) is 4.40. The number of hydrogen-bond donors (Lipinski definition) is 3. The van der Waals surface area contributed by atoms with Crippen molar-refractivity contribution in [3.05, 3.63) is 89.2 Å². The zero-order valence-electron chi connectivity index (χ0n) is 14.6. The van der Waals surface area contributed by atoms with E-state index in [0.717, 1.165) is 5.39 Å². The molecule has 0 saturated carbocycles. The number of ketones is 1. The van der Waals surface area contributed by atoms with Crippen LogP contribution < -0.4 is 10.6 Å². The van der Waals surface area contributed by atoms with E-state index in [1.54, 1.807) is 67.0 Å². The van der Waals surface area contributed by atoms with Gasteiger partial charge in [0, 0.05) is 45.3 Å². The minimum absolute atomic E-state index is 0.154. The molecule has 138 valence electrons. The van der Waals surface area contributed by atoms with E-state index in [2.05, 4.69) is 20.6 Å². The van der Waals surface area contributed by atoms with E-state index in [4.69, 9.17) is 11.6 Å². The minimum Gasteiger partial charge on any atom is -0.345 e. The molecule has 7 heteroatoms. The first-order chi connectivity index (χ1) is 13.6. The summed E-state index contributed by atoms with van der Waals surface area (Å²) in [5.74, 6) is -0.154. The lowest BCUT2D eigenvalue weighted by Crippen LogP contribution is -2.19. The molecule has 2 heterocycles. The zero-order chi connectivity index (χ0) is 19.5. The van der Waals surface area contributed by atoms with Gasteiger partial charge in [0.15, 0.2) is 5.78 Å². The van der Waals surface area contributed by atoms with Gasteiger partial charge in [-0.3, -0.25) is 4.79 Å². The Balaban J connectivity index is 1.52. The van der Waals surface area contributed by atoms with Crippen LogP contribution in [0.2, 0.25) is 5.02 Å². The van der Waals surface area contributed by atoms with Gasteiger partial charge in [0.2, 0.25) is 0 Å². The van der Waals surface area contributed by atoms with Crippen LogP contribution in [0.3, 0.4) is 0 Å². The van der Waals surface area contributed by atoms with Gasteiger partial charge < -0.3 is 15.6 Å². The highest BCUT2D eigenvalue weighted by molar-refractivity contribution is 6.30. The smallest absolute Gasteiger partial charge is 0.323 e. The molecule has 2 amide bonds. The Morgan fingerprint density at radius 1 is 0.929 bits per heavy atom. The Hall–Kier alpha value is -3.64. The Bertz CT molecular complexity index is 1190. The summed E-state index contributed by atoms with van der Waals surface area (Å²) in [4.78, 5) is 32.3. The van der Waals surface area contributed by atoms with E-state index in [9.17, 15) is 9.59 Å². The molecule has 0 spiro atoms. The molecule has 0 aliphatic heterocycles. The Morgan fingerprint density at radius 3 is 2.46 bits per heavy atom. The first-order valence-electron chi connectivity index (χ1n) is 8.50. The second kappa shape index (κ2) is 7.54. The van der Waals surface area contributed by atoms with Crippen molar-refractivity contribution in [3.63, 3.8) is 0 Å². The van der Waals surface area contributed by atoms with E-state index < -0.39 is 6.03 Å². The SMILES string of the molecule is O=C(Nc1cccc(Cl)c1)Nc1cccc(C(=O)c2c[nH]c3ncccc23)c1. The van der Waals surface area contributed by atoms with Crippen LogP contribution in [-0.4, -0.2) is 21.8 Å². The van der Waals surface area contributed by atoms with E-state index in [-0.39, 0.29) is 5.78 Å². The second-order valence-electron chi connectivity index (χ2n) is 6.10. The third-order valence-electron chi connectivity index (χ3n) is 4.16. The van der Waals surface area contributed by atoms with Crippen molar-refractivity contribution in [2.45, 2.75) is 0 Å². The summed E-state index contributed by atoms with van der Waals surface area (Å²) < 4.78 is 0. The van der Waals surface area contributed by atoms with Crippen molar-refractivity contribution >= 4 is 45.8 Å². The summed E-state index contributed by atoms with van der Waals surface area (Å²) in [5, 5.41) is 6.70. The predicted octanol–water partition coefficient (Wildman–Crippen LogP) is 5.09. The number of anilines is 2. The summed E-state index contributed by atoms with van der Waals surface area (Å²) in [7, 11) is 0. The van der Waals surface area contributed by atoms with Gasteiger partial charge in [-0.1, -0.05) is 29.8 Å². The number of fused-ring (bicyclic) bond motifs is 1. The van der Waals surface area contributed by atoms with E-state index in [1.807, 2.05) is 6.07 Å². The third kappa shape index (κ3) is 3.72. The molecule has 6 nitrogen and oxygen atoms in total. The van der Waals surface area contributed by atoms with Crippen molar-refractivity contribution < 1.29 is 9.59 Å². The summed E-state index contributed by atoms with van der Waals surface area (Å²) in [5.41, 5.74) is 2.72. The van der Waals surface area contributed by atoms with E-state index >= 15 is 0 Å². The number of aromatic amines is 1. The van der Waals surface area contributed by atoms with Gasteiger partial charge in [-0.05, 0) is 42.5 Å². The van der Waals surface area contributed by atoms with E-state index in [1.165, 1.54) is 0 Å². The molecule has 2 aromatic heterocycles. The maximum Gasteiger partial charge on any atom is 0.323 e. The Kier molecular flexibility index (Phi) is 4.78. The molecule has 0 fully saturated rings. The fourth-order valence-corrected chi connectivity index (χ4v) is 3.09. The second-order valence-corrected chi connectivity index (χ2v) is 6.54. The number of urea groups is 1. The summed E-state index contributed by atoms with van der Waals surface area (Å²) in [6.45, 7) is 0. The molecule has 4 aromatic rings. The quantitative estimate of drug-likeness (QED) is 0.424. The largest absolute Gasteiger partial charge is 0.345 e. The van der Waals surface area contributed by atoms with Gasteiger partial charge in [-0.25, -0.2) is 9.78 Å². The lowest BCUT2D eigenvalue weighted by Gasteiger charge is -2.09. The van der Waals surface area contributed by atoms with Crippen molar-refractivity contribution in [2.24, 2.45) is 0 Å². The first kappa shape index (κ1) is 17.8. The number of halogens is 1. The minimum atomic E-state index is -0.428. The van der Waals surface area contributed by atoms with E-state index in [0.29, 0.717) is 33.2 Å². The Morgan fingerprint density at radius 2 is 1.68 bits per heavy atom. The zero-order valence-corrected chi connectivity index (χ0v) is 15.3. The fraction of sp³-hybridized carbons (Fsp3) is 0. The first-order valence-corrected chi connectivity index (χ1v) is 8.88. The van der Waals surface area contributed by atoms with Crippen molar-refractivity contribution in [1.29, 1.82) is 0 Å². The van der Waals surface area contributed by atoms with Gasteiger partial charge in [0.05, 0.1) is 0 Å². The molecule has 0 aliphatic rings. The molecule has 4 rings (SSSR count). The van der Waals surface area contributed by atoms with Crippen molar-refractivity contribution in [1.82, 2.24) is 9.97 Å². The maximum absolute atomic E-state index is 12.9. The molecule has 0 aliphatic carbocycles. The number of rotatable bonds is 4. The number of nitrogens with zero attached hydrogens (tertiary/aromatic N) is 1. The van der Waals surface area contributed by atoms with Crippen LogP contribution in [0.1, 0.15) is 15.9 Å². The number of carbonyl (C=O) groups is 2. The molecule has 28 heavy (non-hydrogen) atoms. The number of nitrogens with one attached hydrogen (secondary N) is 3. The number of benzene rings is 2. The number of H-pyrrole nitrogens is 1. The highest BCUT2D eigenvalue weighted by atomic mass is 35.5. The molecule has 3 N–H and O–H groups in total. The molecule has 0 saturated heterocycles. The highest BCUT2D eigenvalue weighted by Gasteiger charge is 2.15. The monoisotopic (exact) mass is 390 g/mol. The van der Waals surface area contributed by atoms with Crippen LogP contribution in [0.4, 0.5) is 16.2 Å². The topological polar surface area (TPSA) is 86.9 Å². The summed E-state index contributed by atoms with van der Waals surface area (Å²) >= 11 is 5.92. The standard InChI is InChI=1S/C21H15ClN4O2/c22-14-5-2-7-16(11-14)26-21(28)25-15-6-1-4-13(10-15)19(27)18-12-24-20-17(18)8-3-9-23-20/h1-12H,(H,23,24)(H2,25,26,28). The summed E-state index contributed by atoms with van der Waals surface area (Å²) in [6, 6.07) is 16.8. The lowest BCUT2D eigenvalue weighted by molar-refractivity contribution is 0.104.